The van der Waals surface area contributed by atoms with Crippen LogP contribution in [-0.2, 0) is 4.79 Å². The second kappa shape index (κ2) is 9.07. The van der Waals surface area contributed by atoms with Gasteiger partial charge in [-0.15, -0.1) is 0 Å². The van der Waals surface area contributed by atoms with Crippen LogP contribution in [-0.4, -0.2) is 53.3 Å². The maximum atomic E-state index is 12.3. The molecule has 3 amide bonds. The zero-order valence-electron chi connectivity index (χ0n) is 16.9. The van der Waals surface area contributed by atoms with E-state index in [4.69, 9.17) is 0 Å². The molecule has 0 bridgehead atoms. The molecule has 3 heterocycles. The lowest BCUT2D eigenvalue weighted by molar-refractivity contribution is -0.121. The lowest BCUT2D eigenvalue weighted by Crippen LogP contribution is -2.37. The number of carbonyl (C=O) groups is 3. The number of nitrogens with one attached hydrogen (secondary N) is 1. The van der Waals surface area contributed by atoms with Crippen LogP contribution in [0.2, 0.25) is 0 Å². The summed E-state index contributed by atoms with van der Waals surface area (Å²) in [4.78, 5) is 44.8. The third kappa shape index (κ3) is 4.35. The van der Waals surface area contributed by atoms with Gasteiger partial charge in [-0.2, -0.15) is 0 Å². The number of imide groups is 1. The van der Waals surface area contributed by atoms with E-state index in [9.17, 15) is 14.4 Å². The van der Waals surface area contributed by atoms with Crippen molar-refractivity contribution in [2.24, 2.45) is 0 Å². The van der Waals surface area contributed by atoms with E-state index in [0.29, 0.717) is 30.5 Å². The molecule has 156 valence electrons. The summed E-state index contributed by atoms with van der Waals surface area (Å²) < 4.78 is 0. The van der Waals surface area contributed by atoms with Crippen molar-refractivity contribution in [3.63, 3.8) is 0 Å². The van der Waals surface area contributed by atoms with Crippen molar-refractivity contribution in [2.45, 2.75) is 38.1 Å². The number of benzene rings is 1. The second-order valence-electron chi connectivity index (χ2n) is 7.81. The summed E-state index contributed by atoms with van der Waals surface area (Å²) in [5, 5.41) is 3.11. The summed E-state index contributed by atoms with van der Waals surface area (Å²) in [6.45, 7) is 2.07. The highest BCUT2D eigenvalue weighted by atomic mass is 16.2. The maximum absolute atomic E-state index is 12.3. The molecule has 1 N–H and O–H groups in total. The lowest BCUT2D eigenvalue weighted by atomic mass is 10.1. The van der Waals surface area contributed by atoms with Gasteiger partial charge in [-0.1, -0.05) is 24.6 Å². The molecular formula is C23H26N4O3. The first kappa shape index (κ1) is 20.1. The van der Waals surface area contributed by atoms with Crippen molar-refractivity contribution in [3.8, 4) is 0 Å². The van der Waals surface area contributed by atoms with E-state index >= 15 is 0 Å². The van der Waals surface area contributed by atoms with E-state index in [1.54, 1.807) is 30.5 Å². The summed E-state index contributed by atoms with van der Waals surface area (Å²) in [6, 6.07) is 12.9. The Bertz CT molecular complexity index is 896. The van der Waals surface area contributed by atoms with Crippen LogP contribution >= 0.6 is 0 Å². The number of hydrogen-bond donors (Lipinski definition) is 1. The van der Waals surface area contributed by atoms with Gasteiger partial charge in [0, 0.05) is 38.3 Å². The van der Waals surface area contributed by atoms with Crippen LogP contribution in [0.4, 0.5) is 5.82 Å². The average molecular weight is 406 g/mol. The standard InChI is InChI=1S/C23H26N4O3/c28-21(25-17-12-15-26(16-17)20-10-5-6-13-24-20)11-2-1-7-14-27-22(29)18-8-3-4-9-19(18)23(27)30/h3-6,8-10,13,17H,1-2,7,11-12,14-16H2,(H,25,28). The summed E-state index contributed by atoms with van der Waals surface area (Å²) in [5.41, 5.74) is 0.969. The van der Waals surface area contributed by atoms with E-state index in [0.717, 1.165) is 38.2 Å². The van der Waals surface area contributed by atoms with Gasteiger partial charge in [0.2, 0.25) is 5.91 Å². The van der Waals surface area contributed by atoms with Crippen molar-refractivity contribution in [1.29, 1.82) is 0 Å². The number of pyridine rings is 1. The summed E-state index contributed by atoms with van der Waals surface area (Å²) in [5.74, 6) is 0.574. The first-order valence-corrected chi connectivity index (χ1v) is 10.5. The number of amides is 3. The van der Waals surface area contributed by atoms with Gasteiger partial charge in [0.15, 0.2) is 0 Å². The van der Waals surface area contributed by atoms with Crippen molar-refractivity contribution in [2.75, 3.05) is 24.5 Å². The van der Waals surface area contributed by atoms with Crippen LogP contribution < -0.4 is 10.2 Å². The molecule has 30 heavy (non-hydrogen) atoms. The second-order valence-corrected chi connectivity index (χ2v) is 7.81. The van der Waals surface area contributed by atoms with Crippen LogP contribution in [0, 0.1) is 0 Å². The Hall–Kier alpha value is -3.22. The van der Waals surface area contributed by atoms with Crippen molar-refractivity contribution >= 4 is 23.5 Å². The highest BCUT2D eigenvalue weighted by Crippen LogP contribution is 2.23. The van der Waals surface area contributed by atoms with E-state index in [2.05, 4.69) is 15.2 Å². The number of hydrogen-bond acceptors (Lipinski definition) is 5. The van der Waals surface area contributed by atoms with E-state index in [-0.39, 0.29) is 23.8 Å². The van der Waals surface area contributed by atoms with Gasteiger partial charge < -0.3 is 10.2 Å². The van der Waals surface area contributed by atoms with Crippen molar-refractivity contribution in [1.82, 2.24) is 15.2 Å². The molecule has 7 nitrogen and oxygen atoms in total. The van der Waals surface area contributed by atoms with E-state index in [1.165, 1.54) is 4.90 Å². The number of anilines is 1. The van der Waals surface area contributed by atoms with E-state index in [1.807, 2.05) is 18.2 Å². The molecule has 2 aliphatic heterocycles. The predicted molar refractivity (Wildman–Crippen MR) is 113 cm³/mol. The molecule has 1 atom stereocenters. The third-order valence-electron chi connectivity index (χ3n) is 5.69. The molecule has 4 rings (SSSR count). The van der Waals surface area contributed by atoms with Gasteiger partial charge in [0.25, 0.3) is 11.8 Å². The zero-order chi connectivity index (χ0) is 20.9. The number of aromatic nitrogens is 1. The van der Waals surface area contributed by atoms with Gasteiger partial charge in [-0.25, -0.2) is 4.98 Å². The quantitative estimate of drug-likeness (QED) is 0.538. The first-order valence-electron chi connectivity index (χ1n) is 10.5. The Morgan fingerprint density at radius 2 is 1.73 bits per heavy atom. The smallest absolute Gasteiger partial charge is 0.261 e. The van der Waals surface area contributed by atoms with Crippen molar-refractivity contribution < 1.29 is 14.4 Å². The lowest BCUT2D eigenvalue weighted by Gasteiger charge is -2.17. The Balaban J connectivity index is 1.14. The average Bonchev–Trinajstić information content (AvgIpc) is 3.33. The first-order chi connectivity index (χ1) is 14.6. The topological polar surface area (TPSA) is 82.6 Å². The highest BCUT2D eigenvalue weighted by Gasteiger charge is 2.34. The Morgan fingerprint density at radius 3 is 2.43 bits per heavy atom. The van der Waals surface area contributed by atoms with Gasteiger partial charge >= 0.3 is 0 Å². The predicted octanol–water partition coefficient (Wildman–Crippen LogP) is 2.63. The number of carbonyl (C=O) groups excluding carboxylic acids is 3. The highest BCUT2D eigenvalue weighted by molar-refractivity contribution is 6.21. The molecule has 0 spiro atoms. The largest absolute Gasteiger partial charge is 0.354 e. The summed E-state index contributed by atoms with van der Waals surface area (Å²) >= 11 is 0. The molecule has 1 aromatic carbocycles. The fourth-order valence-corrected chi connectivity index (χ4v) is 4.10. The molecule has 0 saturated carbocycles. The zero-order valence-corrected chi connectivity index (χ0v) is 16.9. The molecule has 1 saturated heterocycles. The van der Waals surface area contributed by atoms with Gasteiger partial charge in [-0.3, -0.25) is 19.3 Å². The fraction of sp³-hybridized carbons (Fsp3) is 0.391. The van der Waals surface area contributed by atoms with Crippen LogP contribution in [0.5, 0.6) is 0 Å². The molecule has 1 aromatic heterocycles. The Labute approximate surface area is 176 Å². The third-order valence-corrected chi connectivity index (χ3v) is 5.69. The van der Waals surface area contributed by atoms with Crippen molar-refractivity contribution in [3.05, 3.63) is 59.8 Å². The monoisotopic (exact) mass is 406 g/mol. The van der Waals surface area contributed by atoms with Gasteiger partial charge in [0.05, 0.1) is 11.1 Å². The molecule has 2 aliphatic rings. The van der Waals surface area contributed by atoms with Crippen LogP contribution in [0.3, 0.4) is 0 Å². The Kier molecular flexibility index (Phi) is 6.07. The van der Waals surface area contributed by atoms with Crippen LogP contribution in [0.15, 0.2) is 48.7 Å². The molecular weight excluding hydrogens is 380 g/mol. The number of fused-ring (bicyclic) bond motifs is 1. The van der Waals surface area contributed by atoms with Gasteiger partial charge in [-0.05, 0) is 43.5 Å². The summed E-state index contributed by atoms with van der Waals surface area (Å²) in [6.07, 6.45) is 5.40. The van der Waals surface area contributed by atoms with Crippen LogP contribution in [0.25, 0.3) is 0 Å². The maximum Gasteiger partial charge on any atom is 0.261 e. The summed E-state index contributed by atoms with van der Waals surface area (Å²) in [7, 11) is 0. The number of unbranched alkanes of at least 4 members (excludes halogenated alkanes) is 2. The SMILES string of the molecule is O=C(CCCCCN1C(=O)c2ccccc2C1=O)NC1CCN(c2ccccn2)C1. The Morgan fingerprint density at radius 1 is 1.00 bits per heavy atom. The molecule has 1 unspecified atom stereocenters. The molecule has 2 aromatic rings. The fourth-order valence-electron chi connectivity index (χ4n) is 4.10. The van der Waals surface area contributed by atoms with Gasteiger partial charge in [0.1, 0.15) is 5.82 Å². The number of rotatable bonds is 8. The molecule has 0 aliphatic carbocycles. The number of nitrogens with zero attached hydrogens (tertiary/aromatic N) is 3. The normalized spacial score (nSPS) is 18.1. The van der Waals surface area contributed by atoms with Crippen LogP contribution in [0.1, 0.15) is 52.8 Å². The minimum atomic E-state index is -0.216. The molecule has 7 heteroatoms. The molecule has 1 fully saturated rings. The van der Waals surface area contributed by atoms with E-state index < -0.39 is 0 Å². The molecule has 0 radical (unpaired) electrons. The minimum absolute atomic E-state index is 0.0589. The minimum Gasteiger partial charge on any atom is -0.354 e.